The maximum absolute atomic E-state index is 13.7. The molecule has 0 radical (unpaired) electrons. The van der Waals surface area contributed by atoms with E-state index in [0.29, 0.717) is 23.8 Å². The van der Waals surface area contributed by atoms with E-state index in [0.717, 1.165) is 31.2 Å². The van der Waals surface area contributed by atoms with Gasteiger partial charge < -0.3 is 16.0 Å². The number of hydrogen-bond donors (Lipinski definition) is 3. The van der Waals surface area contributed by atoms with Crippen molar-refractivity contribution in [1.82, 2.24) is 20.4 Å². The van der Waals surface area contributed by atoms with Crippen LogP contribution in [0.15, 0.2) is 36.5 Å². The second-order valence-corrected chi connectivity index (χ2v) is 11.2. The van der Waals surface area contributed by atoms with Gasteiger partial charge in [0.25, 0.3) is 5.91 Å². The van der Waals surface area contributed by atoms with Gasteiger partial charge in [-0.25, -0.2) is 0 Å². The quantitative estimate of drug-likeness (QED) is 0.468. The zero-order chi connectivity index (χ0) is 26.1. The first-order valence-electron chi connectivity index (χ1n) is 13.1. The number of aromatic nitrogens is 2. The molecule has 2 saturated carbocycles. The Hall–Kier alpha value is -3.16. The van der Waals surface area contributed by atoms with Gasteiger partial charge in [0.05, 0.1) is 5.41 Å². The number of hydrogen-bond acceptors (Lipinski definition) is 4. The maximum atomic E-state index is 13.7. The third-order valence-corrected chi connectivity index (χ3v) is 8.26. The minimum Gasteiger partial charge on any atom is -0.356 e. The third-order valence-electron chi connectivity index (χ3n) is 8.26. The van der Waals surface area contributed by atoms with Crippen molar-refractivity contribution in [3.63, 3.8) is 0 Å². The fourth-order valence-electron chi connectivity index (χ4n) is 5.41. The van der Waals surface area contributed by atoms with Crippen molar-refractivity contribution < 1.29 is 14.4 Å². The summed E-state index contributed by atoms with van der Waals surface area (Å²) in [7, 11) is 1.72. The van der Waals surface area contributed by atoms with E-state index in [4.69, 9.17) is 0 Å². The summed E-state index contributed by atoms with van der Waals surface area (Å²) in [5.74, 6) is -0.0190. The van der Waals surface area contributed by atoms with Gasteiger partial charge in [0.1, 0.15) is 11.7 Å². The molecule has 194 valence electrons. The number of rotatable bonds is 10. The molecule has 2 aliphatic rings. The molecule has 3 N–H and O–H groups in total. The van der Waals surface area contributed by atoms with E-state index in [2.05, 4.69) is 28.0 Å². The normalized spacial score (nSPS) is 18.5. The lowest BCUT2D eigenvalue weighted by Gasteiger charge is -2.42. The zero-order valence-electron chi connectivity index (χ0n) is 22.1. The molecule has 1 aromatic heterocycles. The SMILES string of the molecule is CCNC(=O)C(C)(C)c1ccc(NC(=O)[C@@H](NC(=O)c2ccnn2C)C(C2CCC2)C2(C)CC2)cc1. The number of nitrogens with zero attached hydrogens (tertiary/aromatic N) is 2. The molecular formula is C28H39N5O3. The molecule has 8 heteroatoms. The van der Waals surface area contributed by atoms with Crippen LogP contribution in [-0.2, 0) is 22.1 Å². The highest BCUT2D eigenvalue weighted by atomic mass is 16.2. The number of benzene rings is 1. The molecule has 0 aliphatic heterocycles. The molecule has 2 atom stereocenters. The van der Waals surface area contributed by atoms with Crippen LogP contribution >= 0.6 is 0 Å². The Kier molecular flexibility index (Phi) is 7.25. The molecule has 1 unspecified atom stereocenters. The molecular weight excluding hydrogens is 454 g/mol. The molecule has 4 rings (SSSR count). The Balaban J connectivity index is 1.55. The topological polar surface area (TPSA) is 105 Å². The summed E-state index contributed by atoms with van der Waals surface area (Å²) in [6.07, 6.45) is 7.08. The second-order valence-electron chi connectivity index (χ2n) is 11.2. The second kappa shape index (κ2) is 10.1. The molecule has 1 heterocycles. The van der Waals surface area contributed by atoms with E-state index in [1.807, 2.05) is 45.0 Å². The van der Waals surface area contributed by atoms with Gasteiger partial charge in [-0.2, -0.15) is 5.10 Å². The van der Waals surface area contributed by atoms with E-state index in [-0.39, 0.29) is 29.1 Å². The molecule has 3 amide bonds. The van der Waals surface area contributed by atoms with E-state index in [1.165, 1.54) is 11.1 Å². The minimum absolute atomic E-state index is 0.0410. The summed E-state index contributed by atoms with van der Waals surface area (Å²) in [4.78, 5) is 39.4. The van der Waals surface area contributed by atoms with Crippen molar-refractivity contribution in [2.45, 2.75) is 71.3 Å². The zero-order valence-corrected chi connectivity index (χ0v) is 22.1. The summed E-state index contributed by atoms with van der Waals surface area (Å²) in [6.45, 7) is 8.48. The van der Waals surface area contributed by atoms with Gasteiger partial charge >= 0.3 is 0 Å². The molecule has 8 nitrogen and oxygen atoms in total. The van der Waals surface area contributed by atoms with Crippen LogP contribution in [0.5, 0.6) is 0 Å². The monoisotopic (exact) mass is 493 g/mol. The average Bonchev–Trinajstić information content (AvgIpc) is 3.40. The van der Waals surface area contributed by atoms with Crippen LogP contribution in [-0.4, -0.2) is 40.1 Å². The van der Waals surface area contributed by atoms with Gasteiger partial charge in [0.15, 0.2) is 0 Å². The van der Waals surface area contributed by atoms with Gasteiger partial charge in [0.2, 0.25) is 11.8 Å². The number of nitrogens with one attached hydrogen (secondary N) is 3. The van der Waals surface area contributed by atoms with Crippen molar-refractivity contribution in [3.05, 3.63) is 47.8 Å². The minimum atomic E-state index is -0.686. The van der Waals surface area contributed by atoms with Crippen LogP contribution < -0.4 is 16.0 Å². The van der Waals surface area contributed by atoms with E-state index < -0.39 is 11.5 Å². The third kappa shape index (κ3) is 5.18. The van der Waals surface area contributed by atoms with Crippen LogP contribution in [0.4, 0.5) is 5.69 Å². The van der Waals surface area contributed by atoms with Crippen molar-refractivity contribution in [3.8, 4) is 0 Å². The number of carbonyl (C=O) groups is 3. The highest BCUT2D eigenvalue weighted by molar-refractivity contribution is 6.01. The molecule has 2 fully saturated rings. The summed E-state index contributed by atoms with van der Waals surface area (Å²) >= 11 is 0. The smallest absolute Gasteiger partial charge is 0.270 e. The van der Waals surface area contributed by atoms with Crippen molar-refractivity contribution in [2.75, 3.05) is 11.9 Å². The van der Waals surface area contributed by atoms with E-state index >= 15 is 0 Å². The van der Waals surface area contributed by atoms with Crippen LogP contribution in [0.2, 0.25) is 0 Å². The van der Waals surface area contributed by atoms with Gasteiger partial charge in [-0.3, -0.25) is 19.1 Å². The molecule has 1 aromatic carbocycles. The fourth-order valence-corrected chi connectivity index (χ4v) is 5.41. The average molecular weight is 494 g/mol. The lowest BCUT2D eigenvalue weighted by Crippen LogP contribution is -2.54. The number of amides is 3. The Morgan fingerprint density at radius 2 is 1.81 bits per heavy atom. The Labute approximate surface area is 213 Å². The lowest BCUT2D eigenvalue weighted by molar-refractivity contribution is -0.125. The first-order valence-corrected chi connectivity index (χ1v) is 13.1. The van der Waals surface area contributed by atoms with Crippen molar-refractivity contribution in [2.24, 2.45) is 24.3 Å². The van der Waals surface area contributed by atoms with Crippen LogP contribution in [0.3, 0.4) is 0 Å². The Morgan fingerprint density at radius 1 is 1.14 bits per heavy atom. The molecule has 0 saturated heterocycles. The predicted octanol–water partition coefficient (Wildman–Crippen LogP) is 3.79. The molecule has 2 aliphatic carbocycles. The highest BCUT2D eigenvalue weighted by Gasteiger charge is 2.54. The number of likely N-dealkylation sites (N-methyl/N-ethyl adjacent to an activating group) is 1. The molecule has 0 bridgehead atoms. The largest absolute Gasteiger partial charge is 0.356 e. The Bertz CT molecular complexity index is 1110. The molecule has 0 spiro atoms. The first kappa shape index (κ1) is 25.9. The Morgan fingerprint density at radius 3 is 2.31 bits per heavy atom. The summed E-state index contributed by atoms with van der Waals surface area (Å²) in [6, 6.07) is 8.42. The highest BCUT2D eigenvalue weighted by Crippen LogP contribution is 2.58. The van der Waals surface area contributed by atoms with Gasteiger partial charge in [-0.05, 0) is 74.6 Å². The van der Waals surface area contributed by atoms with Gasteiger partial charge in [-0.1, -0.05) is 38.3 Å². The molecule has 2 aromatic rings. The van der Waals surface area contributed by atoms with Gasteiger partial charge in [-0.15, -0.1) is 0 Å². The predicted molar refractivity (Wildman–Crippen MR) is 139 cm³/mol. The number of aryl methyl sites for hydroxylation is 1. The summed E-state index contributed by atoms with van der Waals surface area (Å²) in [5, 5.41) is 13.1. The van der Waals surface area contributed by atoms with Crippen LogP contribution in [0.25, 0.3) is 0 Å². The molecule has 36 heavy (non-hydrogen) atoms. The van der Waals surface area contributed by atoms with Crippen LogP contribution in [0, 0.1) is 17.3 Å². The maximum Gasteiger partial charge on any atom is 0.270 e. The number of carbonyl (C=O) groups excluding carboxylic acids is 3. The van der Waals surface area contributed by atoms with Crippen molar-refractivity contribution in [1.29, 1.82) is 0 Å². The van der Waals surface area contributed by atoms with Crippen LogP contribution in [0.1, 0.15) is 75.9 Å². The van der Waals surface area contributed by atoms with Gasteiger partial charge in [0, 0.05) is 25.5 Å². The lowest BCUT2D eigenvalue weighted by atomic mass is 9.66. The standard InChI is InChI=1S/C28H39N5O3/c1-6-29-26(36)27(2,3)19-10-12-20(13-11-19)31-25(35)23(32-24(34)21-14-17-30-33(21)5)22(18-8-7-9-18)28(4)15-16-28/h10-14,17-18,22-23H,6-9,15-16H2,1-5H3,(H,29,36)(H,31,35)(H,32,34)/t22?,23-/m0/s1. The van der Waals surface area contributed by atoms with E-state index in [1.54, 1.807) is 19.3 Å². The van der Waals surface area contributed by atoms with Crippen molar-refractivity contribution >= 4 is 23.4 Å². The summed E-state index contributed by atoms with van der Waals surface area (Å²) in [5.41, 5.74) is 1.31. The number of anilines is 1. The van der Waals surface area contributed by atoms with E-state index in [9.17, 15) is 14.4 Å². The summed E-state index contributed by atoms with van der Waals surface area (Å²) < 4.78 is 1.52. The fraction of sp³-hybridized carbons (Fsp3) is 0.571. The first-order chi connectivity index (χ1) is 17.1.